The standard InChI is InChI=1S/C32H45N3O15/c1-18(2)30(44)48-17-19-7-8-20(34-32(45)50-31-27(41)25(39)26(40)28(49-31)29(42)43)21(16-19)47-15-14-46-13-11-33-22(36)6-4-3-5-12-35-23(37)9-10-24(35)38/h7-10,16,18,23,25-28,31,37,39-41H,3-6,11-15,17H2,1-2H3,(H,33,36)(H,34,45)(H,42,43)/t23?,25-,26-,27+,28-,31-/m0/s1. The van der Waals surface area contributed by atoms with Crippen molar-refractivity contribution in [1.29, 1.82) is 0 Å². The van der Waals surface area contributed by atoms with Crippen LogP contribution < -0.4 is 15.4 Å². The van der Waals surface area contributed by atoms with Crippen LogP contribution in [-0.4, -0.2) is 130 Å². The Bertz CT molecular complexity index is 1360. The van der Waals surface area contributed by atoms with Crippen LogP contribution in [-0.2, 0) is 44.7 Å². The number of aliphatic hydroxyl groups is 4. The lowest BCUT2D eigenvalue weighted by molar-refractivity contribution is -0.277. The van der Waals surface area contributed by atoms with Crippen molar-refractivity contribution in [2.45, 2.75) is 83.1 Å². The Morgan fingerprint density at radius 3 is 2.42 bits per heavy atom. The number of carboxylic acid groups (broad SMARTS) is 1. The minimum atomic E-state index is -1.97. The molecule has 2 heterocycles. The second-order valence-corrected chi connectivity index (χ2v) is 11.8. The van der Waals surface area contributed by atoms with Crippen LogP contribution >= 0.6 is 0 Å². The number of nitrogens with zero attached hydrogens (tertiary/aromatic N) is 1. The summed E-state index contributed by atoms with van der Waals surface area (Å²) in [5.41, 5.74) is 0.588. The van der Waals surface area contributed by atoms with Crippen molar-refractivity contribution in [1.82, 2.24) is 10.2 Å². The Balaban J connectivity index is 1.44. The molecule has 1 aromatic carbocycles. The number of unbranched alkanes of at least 4 members (excludes halogenated alkanes) is 2. The van der Waals surface area contributed by atoms with E-state index in [0.717, 1.165) is 0 Å². The van der Waals surface area contributed by atoms with Gasteiger partial charge in [-0.1, -0.05) is 26.3 Å². The summed E-state index contributed by atoms with van der Waals surface area (Å²) < 4.78 is 26.5. The van der Waals surface area contributed by atoms with Gasteiger partial charge in [0, 0.05) is 25.6 Å². The monoisotopic (exact) mass is 711 g/mol. The molecular formula is C32H45N3O15. The maximum Gasteiger partial charge on any atom is 0.414 e. The van der Waals surface area contributed by atoms with E-state index in [4.69, 9.17) is 23.7 Å². The number of amides is 3. The third-order valence-corrected chi connectivity index (χ3v) is 7.54. The van der Waals surface area contributed by atoms with E-state index >= 15 is 0 Å². The van der Waals surface area contributed by atoms with Gasteiger partial charge in [-0.15, -0.1) is 0 Å². The molecule has 0 spiro atoms. The van der Waals surface area contributed by atoms with E-state index in [-0.39, 0.29) is 62.1 Å². The van der Waals surface area contributed by atoms with Crippen molar-refractivity contribution in [3.05, 3.63) is 35.9 Å². The number of aliphatic hydroxyl groups excluding tert-OH is 4. The van der Waals surface area contributed by atoms with Crippen molar-refractivity contribution in [2.75, 3.05) is 38.2 Å². The quantitative estimate of drug-likeness (QED) is 0.0712. The maximum atomic E-state index is 12.7. The summed E-state index contributed by atoms with van der Waals surface area (Å²) >= 11 is 0. The number of carboxylic acids is 1. The number of carbonyl (C=O) groups is 5. The van der Waals surface area contributed by atoms with Gasteiger partial charge in [-0.25, -0.2) is 9.59 Å². The van der Waals surface area contributed by atoms with Crippen molar-refractivity contribution in [3.8, 4) is 5.75 Å². The molecule has 2 aliphatic rings. The fourth-order valence-electron chi connectivity index (χ4n) is 4.74. The molecule has 3 amide bonds. The lowest BCUT2D eigenvalue weighted by Gasteiger charge is -2.37. The number of hydrogen-bond donors (Lipinski definition) is 7. The Kier molecular flexibility index (Phi) is 15.8. The molecule has 7 N–H and O–H groups in total. The molecule has 2 aliphatic heterocycles. The van der Waals surface area contributed by atoms with Crippen molar-refractivity contribution < 1.29 is 73.2 Å². The van der Waals surface area contributed by atoms with Gasteiger partial charge < -0.3 is 59.4 Å². The number of hydrogen-bond acceptors (Lipinski definition) is 14. The smallest absolute Gasteiger partial charge is 0.414 e. The zero-order valence-corrected chi connectivity index (χ0v) is 27.8. The Morgan fingerprint density at radius 2 is 1.74 bits per heavy atom. The molecule has 1 fully saturated rings. The van der Waals surface area contributed by atoms with E-state index in [0.29, 0.717) is 37.8 Å². The summed E-state index contributed by atoms with van der Waals surface area (Å²) in [5.74, 6) is -2.70. The highest BCUT2D eigenvalue weighted by Gasteiger charge is 2.48. The van der Waals surface area contributed by atoms with Crippen LogP contribution in [0.1, 0.15) is 45.1 Å². The minimum Gasteiger partial charge on any atom is -0.489 e. The highest BCUT2D eigenvalue weighted by atomic mass is 16.7. The molecule has 1 unspecified atom stereocenters. The van der Waals surface area contributed by atoms with E-state index in [1.807, 2.05) is 0 Å². The zero-order valence-electron chi connectivity index (χ0n) is 27.8. The van der Waals surface area contributed by atoms with E-state index in [1.54, 1.807) is 13.8 Å². The molecule has 6 atom stereocenters. The first-order valence-corrected chi connectivity index (χ1v) is 16.1. The predicted molar refractivity (Wildman–Crippen MR) is 170 cm³/mol. The first-order valence-electron chi connectivity index (χ1n) is 16.1. The van der Waals surface area contributed by atoms with Gasteiger partial charge in [-0.3, -0.25) is 19.7 Å². The van der Waals surface area contributed by atoms with Crippen LogP contribution in [0.2, 0.25) is 0 Å². The predicted octanol–water partition coefficient (Wildman–Crippen LogP) is -0.385. The molecule has 278 valence electrons. The van der Waals surface area contributed by atoms with Gasteiger partial charge >= 0.3 is 18.0 Å². The highest BCUT2D eigenvalue weighted by molar-refractivity contribution is 5.90. The lowest BCUT2D eigenvalue weighted by Crippen LogP contribution is -2.60. The van der Waals surface area contributed by atoms with Crippen LogP contribution in [0.5, 0.6) is 5.75 Å². The summed E-state index contributed by atoms with van der Waals surface area (Å²) in [6, 6.07) is 4.46. The van der Waals surface area contributed by atoms with E-state index in [9.17, 15) is 49.5 Å². The molecule has 3 rings (SSSR count). The zero-order chi connectivity index (χ0) is 36.8. The number of esters is 1. The summed E-state index contributed by atoms with van der Waals surface area (Å²) in [5, 5.41) is 54.0. The number of benzene rings is 1. The molecule has 0 saturated carbocycles. The number of rotatable bonds is 19. The first kappa shape index (κ1) is 40.1. The van der Waals surface area contributed by atoms with Gasteiger partial charge in [0.25, 0.3) is 0 Å². The lowest BCUT2D eigenvalue weighted by atomic mass is 9.99. The normalized spacial score (nSPS) is 23.1. The second-order valence-electron chi connectivity index (χ2n) is 11.8. The van der Waals surface area contributed by atoms with Gasteiger partial charge in [0.1, 0.15) is 43.5 Å². The van der Waals surface area contributed by atoms with Crippen molar-refractivity contribution in [3.63, 3.8) is 0 Å². The summed E-state index contributed by atoms with van der Waals surface area (Å²) in [7, 11) is 0. The number of ether oxygens (including phenoxy) is 5. The van der Waals surface area contributed by atoms with Crippen molar-refractivity contribution >= 4 is 35.5 Å². The SMILES string of the molecule is CC(C)C(=O)OCc1ccc(NC(=O)O[C@@H]2O[C@H](C(=O)O)[C@@H](O)[C@H](O)[C@H]2O)c(OCCOCCNC(=O)CCCCCN2C(=O)C=CC2O)c1. The Labute approximate surface area is 287 Å². The largest absolute Gasteiger partial charge is 0.489 e. The molecule has 50 heavy (non-hydrogen) atoms. The molecule has 1 saturated heterocycles. The number of aliphatic carboxylic acids is 1. The first-order chi connectivity index (χ1) is 23.8. The topological polar surface area (TPSA) is 260 Å². The van der Waals surface area contributed by atoms with Gasteiger partial charge in [0.05, 0.1) is 24.8 Å². The average molecular weight is 712 g/mol. The summed E-state index contributed by atoms with van der Waals surface area (Å²) in [6.07, 6.45) is -6.85. The third kappa shape index (κ3) is 12.2. The Morgan fingerprint density at radius 1 is 0.980 bits per heavy atom. The molecule has 18 heteroatoms. The Hall–Kier alpha value is -4.33. The fraction of sp³-hybridized carbons (Fsp3) is 0.594. The van der Waals surface area contributed by atoms with Crippen LogP contribution in [0.3, 0.4) is 0 Å². The molecule has 0 aliphatic carbocycles. The van der Waals surface area contributed by atoms with Crippen LogP contribution in [0.25, 0.3) is 0 Å². The second kappa shape index (κ2) is 19.8. The molecule has 0 radical (unpaired) electrons. The maximum absolute atomic E-state index is 12.7. The number of carbonyl (C=O) groups excluding carboxylic acids is 4. The third-order valence-electron chi connectivity index (χ3n) is 7.54. The number of anilines is 1. The molecule has 0 bridgehead atoms. The van der Waals surface area contributed by atoms with Crippen molar-refractivity contribution in [2.24, 2.45) is 5.92 Å². The van der Waals surface area contributed by atoms with Crippen LogP contribution in [0.4, 0.5) is 10.5 Å². The van der Waals surface area contributed by atoms with Crippen LogP contribution in [0, 0.1) is 5.92 Å². The average Bonchev–Trinajstić information content (AvgIpc) is 3.39. The molecule has 1 aromatic rings. The minimum absolute atomic E-state index is 0.00846. The highest BCUT2D eigenvalue weighted by Crippen LogP contribution is 2.28. The summed E-state index contributed by atoms with van der Waals surface area (Å²) in [4.78, 5) is 61.0. The van der Waals surface area contributed by atoms with Crippen LogP contribution in [0.15, 0.2) is 30.4 Å². The molecule has 0 aromatic heterocycles. The van der Waals surface area contributed by atoms with Gasteiger partial charge in [0.15, 0.2) is 6.10 Å². The van der Waals surface area contributed by atoms with E-state index in [1.165, 1.54) is 35.3 Å². The van der Waals surface area contributed by atoms with E-state index in [2.05, 4.69) is 10.6 Å². The van der Waals surface area contributed by atoms with Gasteiger partial charge in [-0.05, 0) is 36.6 Å². The molecule has 18 nitrogen and oxygen atoms in total. The number of nitrogens with one attached hydrogen (secondary N) is 2. The fourth-order valence-corrected chi connectivity index (χ4v) is 4.74. The molecular weight excluding hydrogens is 666 g/mol. The van der Waals surface area contributed by atoms with E-state index < -0.39 is 55.0 Å². The van der Waals surface area contributed by atoms with Gasteiger partial charge in [-0.2, -0.15) is 0 Å². The summed E-state index contributed by atoms with van der Waals surface area (Å²) in [6.45, 7) is 4.19. The van der Waals surface area contributed by atoms with Gasteiger partial charge in [0.2, 0.25) is 18.1 Å².